The number of benzene rings is 1. The summed E-state index contributed by atoms with van der Waals surface area (Å²) in [5, 5.41) is 5.90. The van der Waals surface area contributed by atoms with Crippen LogP contribution in [-0.4, -0.2) is 23.9 Å². The third kappa shape index (κ3) is 6.33. The predicted octanol–water partition coefficient (Wildman–Crippen LogP) is 3.48. The van der Waals surface area contributed by atoms with Crippen molar-refractivity contribution in [2.75, 3.05) is 5.32 Å². The van der Waals surface area contributed by atoms with Gasteiger partial charge in [0.25, 0.3) is 5.91 Å². The zero-order valence-corrected chi connectivity index (χ0v) is 15.9. The van der Waals surface area contributed by atoms with Crippen LogP contribution in [0.2, 0.25) is 0 Å². The lowest BCUT2D eigenvalue weighted by molar-refractivity contribution is -0.118. The van der Waals surface area contributed by atoms with Gasteiger partial charge in [-0.05, 0) is 43.0 Å². The van der Waals surface area contributed by atoms with Gasteiger partial charge in [-0.1, -0.05) is 39.5 Å². The Balaban J connectivity index is 0.00000312. The molecule has 140 valence electrons. The zero-order valence-electron chi connectivity index (χ0n) is 15.1. The molecule has 0 heterocycles. The highest BCUT2D eigenvalue weighted by Gasteiger charge is 2.20. The molecule has 1 aromatic carbocycles. The monoisotopic (exact) mass is 367 g/mol. The number of hydrogen-bond acceptors (Lipinski definition) is 3. The van der Waals surface area contributed by atoms with Crippen LogP contribution in [0.25, 0.3) is 0 Å². The van der Waals surface area contributed by atoms with Crippen LogP contribution >= 0.6 is 12.4 Å². The smallest absolute Gasteiger partial charge is 0.251 e. The van der Waals surface area contributed by atoms with E-state index in [9.17, 15) is 9.59 Å². The van der Waals surface area contributed by atoms with Crippen LogP contribution in [0.4, 0.5) is 5.69 Å². The Labute approximate surface area is 156 Å². The van der Waals surface area contributed by atoms with Gasteiger partial charge >= 0.3 is 0 Å². The van der Waals surface area contributed by atoms with E-state index < -0.39 is 6.04 Å². The third-order valence-electron chi connectivity index (χ3n) is 4.91. The molecular weight excluding hydrogens is 338 g/mol. The van der Waals surface area contributed by atoms with Crippen molar-refractivity contribution in [3.63, 3.8) is 0 Å². The molecule has 1 saturated carbocycles. The Bertz CT molecular complexity index is 556. The summed E-state index contributed by atoms with van der Waals surface area (Å²) in [6, 6.07) is 6.74. The molecule has 6 heteroatoms. The zero-order chi connectivity index (χ0) is 17.5. The number of halogens is 1. The fourth-order valence-electron chi connectivity index (χ4n) is 2.96. The molecule has 0 radical (unpaired) electrons. The van der Waals surface area contributed by atoms with Crippen molar-refractivity contribution >= 4 is 29.9 Å². The van der Waals surface area contributed by atoms with E-state index in [-0.39, 0.29) is 30.1 Å². The SMILES string of the molecule is CCC(C)C(N)C(=O)Nc1ccc(C(=O)NC2CCCCC2)cc1.Cl. The fourth-order valence-corrected chi connectivity index (χ4v) is 2.96. The van der Waals surface area contributed by atoms with Gasteiger partial charge in [0.1, 0.15) is 0 Å². The van der Waals surface area contributed by atoms with Crippen LogP contribution in [0.15, 0.2) is 24.3 Å². The molecule has 5 nitrogen and oxygen atoms in total. The second kappa shape index (κ2) is 10.4. The molecule has 0 saturated heterocycles. The molecule has 2 unspecified atom stereocenters. The molecule has 0 spiro atoms. The summed E-state index contributed by atoms with van der Waals surface area (Å²) in [6.07, 6.45) is 6.62. The van der Waals surface area contributed by atoms with Crippen molar-refractivity contribution < 1.29 is 9.59 Å². The minimum atomic E-state index is -0.524. The lowest BCUT2D eigenvalue weighted by Crippen LogP contribution is -2.40. The largest absolute Gasteiger partial charge is 0.349 e. The molecule has 0 bridgehead atoms. The van der Waals surface area contributed by atoms with Gasteiger partial charge < -0.3 is 16.4 Å². The van der Waals surface area contributed by atoms with Gasteiger partial charge in [-0.15, -0.1) is 12.4 Å². The van der Waals surface area contributed by atoms with Crippen LogP contribution in [-0.2, 0) is 4.79 Å². The van der Waals surface area contributed by atoms with Crippen molar-refractivity contribution in [3.05, 3.63) is 29.8 Å². The number of carbonyl (C=O) groups is 2. The first-order chi connectivity index (χ1) is 11.5. The Kier molecular flexibility index (Phi) is 8.93. The number of carbonyl (C=O) groups excluding carboxylic acids is 2. The van der Waals surface area contributed by atoms with Crippen molar-refractivity contribution in [1.82, 2.24) is 5.32 Å². The van der Waals surface area contributed by atoms with Gasteiger partial charge in [-0.2, -0.15) is 0 Å². The second-order valence-electron chi connectivity index (χ2n) is 6.79. The molecule has 0 aromatic heterocycles. The average Bonchev–Trinajstić information content (AvgIpc) is 2.61. The Hall–Kier alpha value is -1.59. The molecular formula is C19H30ClN3O2. The highest BCUT2D eigenvalue weighted by atomic mass is 35.5. The molecule has 4 N–H and O–H groups in total. The molecule has 25 heavy (non-hydrogen) atoms. The van der Waals surface area contributed by atoms with Crippen molar-refractivity contribution in [1.29, 1.82) is 0 Å². The van der Waals surface area contributed by atoms with E-state index in [1.54, 1.807) is 24.3 Å². The maximum Gasteiger partial charge on any atom is 0.251 e. The standard InChI is InChI=1S/C19H29N3O2.ClH/c1-3-13(2)17(20)19(24)22-16-11-9-14(10-12-16)18(23)21-15-7-5-4-6-8-15;/h9-13,15,17H,3-8,20H2,1-2H3,(H,21,23)(H,22,24);1H. The van der Waals surface area contributed by atoms with Crippen molar-refractivity contribution in [2.24, 2.45) is 11.7 Å². The van der Waals surface area contributed by atoms with E-state index in [0.29, 0.717) is 17.3 Å². The third-order valence-corrected chi connectivity index (χ3v) is 4.91. The number of rotatable bonds is 6. The molecule has 2 atom stereocenters. The molecule has 1 aromatic rings. The summed E-state index contributed by atoms with van der Waals surface area (Å²) in [5.74, 6) is -0.106. The lowest BCUT2D eigenvalue weighted by atomic mass is 9.95. The van der Waals surface area contributed by atoms with E-state index in [4.69, 9.17) is 5.73 Å². The molecule has 0 aliphatic heterocycles. The number of hydrogen-bond donors (Lipinski definition) is 3. The molecule has 1 aliphatic rings. The van der Waals surface area contributed by atoms with E-state index in [0.717, 1.165) is 19.3 Å². The summed E-state index contributed by atoms with van der Waals surface area (Å²) in [6.45, 7) is 3.97. The van der Waals surface area contributed by atoms with E-state index in [1.165, 1.54) is 19.3 Å². The maximum atomic E-state index is 12.3. The normalized spacial score (nSPS) is 17.1. The first kappa shape index (κ1) is 21.5. The van der Waals surface area contributed by atoms with Gasteiger partial charge in [0.15, 0.2) is 0 Å². The summed E-state index contributed by atoms with van der Waals surface area (Å²) < 4.78 is 0. The van der Waals surface area contributed by atoms with Crippen LogP contribution in [0, 0.1) is 5.92 Å². The summed E-state index contributed by atoms with van der Waals surface area (Å²) >= 11 is 0. The molecule has 2 amide bonds. The fraction of sp³-hybridized carbons (Fsp3) is 0.579. The lowest BCUT2D eigenvalue weighted by Gasteiger charge is -2.22. The minimum Gasteiger partial charge on any atom is -0.349 e. The number of amides is 2. The van der Waals surface area contributed by atoms with Crippen LogP contribution in [0.3, 0.4) is 0 Å². The maximum absolute atomic E-state index is 12.3. The summed E-state index contributed by atoms with van der Waals surface area (Å²) in [4.78, 5) is 24.3. The van der Waals surface area contributed by atoms with Gasteiger partial charge in [0, 0.05) is 17.3 Å². The van der Waals surface area contributed by atoms with Gasteiger partial charge in [-0.3, -0.25) is 9.59 Å². The quantitative estimate of drug-likeness (QED) is 0.719. The molecule has 2 rings (SSSR count). The number of nitrogens with two attached hydrogens (primary N) is 1. The summed E-state index contributed by atoms with van der Waals surface area (Å²) in [5.41, 5.74) is 7.20. The average molecular weight is 368 g/mol. The highest BCUT2D eigenvalue weighted by Crippen LogP contribution is 2.18. The van der Waals surface area contributed by atoms with E-state index in [2.05, 4.69) is 10.6 Å². The highest BCUT2D eigenvalue weighted by molar-refractivity contribution is 5.97. The van der Waals surface area contributed by atoms with Gasteiger partial charge in [0.2, 0.25) is 5.91 Å². The number of nitrogens with one attached hydrogen (secondary N) is 2. The molecule has 1 aliphatic carbocycles. The summed E-state index contributed by atoms with van der Waals surface area (Å²) in [7, 11) is 0. The number of anilines is 1. The van der Waals surface area contributed by atoms with Crippen molar-refractivity contribution in [2.45, 2.75) is 64.5 Å². The van der Waals surface area contributed by atoms with Crippen LogP contribution in [0.5, 0.6) is 0 Å². The minimum absolute atomic E-state index is 0. The van der Waals surface area contributed by atoms with Crippen LogP contribution < -0.4 is 16.4 Å². The van der Waals surface area contributed by atoms with E-state index >= 15 is 0 Å². The second-order valence-corrected chi connectivity index (χ2v) is 6.79. The van der Waals surface area contributed by atoms with Crippen LogP contribution in [0.1, 0.15) is 62.7 Å². The van der Waals surface area contributed by atoms with Gasteiger partial charge in [0.05, 0.1) is 6.04 Å². The molecule has 1 fully saturated rings. The topological polar surface area (TPSA) is 84.2 Å². The Morgan fingerprint density at radius 2 is 1.76 bits per heavy atom. The van der Waals surface area contributed by atoms with Gasteiger partial charge in [-0.25, -0.2) is 0 Å². The predicted molar refractivity (Wildman–Crippen MR) is 104 cm³/mol. The Morgan fingerprint density at radius 3 is 2.32 bits per heavy atom. The van der Waals surface area contributed by atoms with Crippen molar-refractivity contribution in [3.8, 4) is 0 Å². The first-order valence-corrected chi connectivity index (χ1v) is 8.98. The first-order valence-electron chi connectivity index (χ1n) is 8.98. The van der Waals surface area contributed by atoms with E-state index in [1.807, 2.05) is 13.8 Å². The Morgan fingerprint density at radius 1 is 1.16 bits per heavy atom.